The normalized spacial score (nSPS) is 15.3. The van der Waals surface area contributed by atoms with E-state index < -0.39 is 0 Å². The van der Waals surface area contributed by atoms with Gasteiger partial charge in [0.25, 0.3) is 0 Å². The summed E-state index contributed by atoms with van der Waals surface area (Å²) < 4.78 is 12.7. The van der Waals surface area contributed by atoms with Crippen molar-refractivity contribution in [2.75, 3.05) is 0 Å². The van der Waals surface area contributed by atoms with E-state index in [-0.39, 0.29) is 5.60 Å². The SMILES string of the molecule is CC1(C)C=Cc2c(ccc(Oc3ccncc3)c2Br)O1. The standard InChI is InChI=1S/C16H14BrNO2/c1-16(2)8-5-12-13(20-16)3-4-14(15(12)17)19-11-6-9-18-10-7-11/h3-10H,1-2H3. The Morgan fingerprint density at radius 2 is 1.90 bits per heavy atom. The van der Waals surface area contributed by atoms with Gasteiger partial charge in [-0.15, -0.1) is 0 Å². The van der Waals surface area contributed by atoms with Gasteiger partial charge in [0, 0.05) is 18.0 Å². The molecule has 20 heavy (non-hydrogen) atoms. The zero-order chi connectivity index (χ0) is 14.2. The van der Waals surface area contributed by atoms with Crippen molar-refractivity contribution >= 4 is 22.0 Å². The van der Waals surface area contributed by atoms with Crippen molar-refractivity contribution in [3.63, 3.8) is 0 Å². The summed E-state index contributed by atoms with van der Waals surface area (Å²) in [5.74, 6) is 2.36. The molecule has 2 aromatic rings. The maximum Gasteiger partial charge on any atom is 0.142 e. The first-order valence-corrected chi connectivity index (χ1v) is 7.13. The van der Waals surface area contributed by atoms with Crippen molar-refractivity contribution in [1.82, 2.24) is 4.98 Å². The van der Waals surface area contributed by atoms with Gasteiger partial charge in [0.05, 0.1) is 4.47 Å². The molecule has 1 aliphatic rings. The van der Waals surface area contributed by atoms with Crippen LogP contribution in [0.5, 0.6) is 17.2 Å². The molecule has 0 unspecified atom stereocenters. The summed E-state index contributed by atoms with van der Waals surface area (Å²) in [6.07, 6.45) is 7.50. The molecule has 1 aromatic carbocycles. The van der Waals surface area contributed by atoms with Gasteiger partial charge in [0.2, 0.25) is 0 Å². The van der Waals surface area contributed by atoms with E-state index in [1.54, 1.807) is 12.4 Å². The van der Waals surface area contributed by atoms with Crippen LogP contribution in [0.4, 0.5) is 0 Å². The Morgan fingerprint density at radius 1 is 1.15 bits per heavy atom. The fourth-order valence-corrected chi connectivity index (χ4v) is 2.55. The zero-order valence-electron chi connectivity index (χ0n) is 11.3. The molecule has 3 nitrogen and oxygen atoms in total. The van der Waals surface area contributed by atoms with E-state index in [1.807, 2.05) is 44.2 Å². The van der Waals surface area contributed by atoms with Crippen molar-refractivity contribution in [2.45, 2.75) is 19.4 Å². The molecule has 0 saturated carbocycles. The van der Waals surface area contributed by atoms with E-state index in [0.29, 0.717) is 0 Å². The number of pyridine rings is 1. The highest BCUT2D eigenvalue weighted by Crippen LogP contribution is 2.41. The molecule has 0 saturated heterocycles. The highest BCUT2D eigenvalue weighted by molar-refractivity contribution is 9.10. The highest BCUT2D eigenvalue weighted by atomic mass is 79.9. The molecule has 0 amide bonds. The van der Waals surface area contributed by atoms with Crippen LogP contribution in [0.3, 0.4) is 0 Å². The maximum absolute atomic E-state index is 5.92. The second-order valence-corrected chi connectivity index (χ2v) is 5.91. The lowest BCUT2D eigenvalue weighted by Crippen LogP contribution is -2.27. The van der Waals surface area contributed by atoms with Crippen LogP contribution in [0.25, 0.3) is 6.08 Å². The van der Waals surface area contributed by atoms with Gasteiger partial charge >= 0.3 is 0 Å². The van der Waals surface area contributed by atoms with E-state index in [0.717, 1.165) is 27.3 Å². The number of benzene rings is 1. The lowest BCUT2D eigenvalue weighted by molar-refractivity contribution is 0.158. The van der Waals surface area contributed by atoms with E-state index in [2.05, 4.69) is 27.0 Å². The molecule has 3 rings (SSSR count). The minimum absolute atomic E-state index is 0.278. The van der Waals surface area contributed by atoms with Crippen LogP contribution in [0.1, 0.15) is 19.4 Å². The smallest absolute Gasteiger partial charge is 0.142 e. The van der Waals surface area contributed by atoms with Crippen LogP contribution >= 0.6 is 15.9 Å². The van der Waals surface area contributed by atoms with Crippen molar-refractivity contribution in [3.05, 3.63) is 52.8 Å². The summed E-state index contributed by atoms with van der Waals surface area (Å²) in [5, 5.41) is 0. The van der Waals surface area contributed by atoms with Gasteiger partial charge in [0.1, 0.15) is 22.8 Å². The van der Waals surface area contributed by atoms with Gasteiger partial charge in [-0.25, -0.2) is 0 Å². The molecule has 1 aliphatic heterocycles. The number of hydrogen-bond acceptors (Lipinski definition) is 3. The molecular weight excluding hydrogens is 318 g/mol. The minimum atomic E-state index is -0.278. The molecule has 102 valence electrons. The molecule has 0 atom stereocenters. The van der Waals surface area contributed by atoms with E-state index in [4.69, 9.17) is 9.47 Å². The Hall–Kier alpha value is -1.81. The summed E-state index contributed by atoms with van der Waals surface area (Å²) in [5.41, 5.74) is 0.718. The van der Waals surface area contributed by atoms with Crippen LogP contribution in [0.15, 0.2) is 47.2 Å². The number of rotatable bonds is 2. The second-order valence-electron chi connectivity index (χ2n) is 5.11. The number of nitrogens with zero attached hydrogens (tertiary/aromatic N) is 1. The third-order valence-corrected chi connectivity index (χ3v) is 3.82. The van der Waals surface area contributed by atoms with Gasteiger partial charge < -0.3 is 9.47 Å². The van der Waals surface area contributed by atoms with Crippen molar-refractivity contribution in [2.24, 2.45) is 0 Å². The Labute approximate surface area is 126 Å². The van der Waals surface area contributed by atoms with E-state index in [1.165, 1.54) is 0 Å². The molecule has 4 heteroatoms. The first-order valence-electron chi connectivity index (χ1n) is 6.34. The van der Waals surface area contributed by atoms with Gasteiger partial charge in [-0.3, -0.25) is 4.98 Å². The summed E-state index contributed by atoms with van der Waals surface area (Å²) in [6.45, 7) is 4.06. The van der Waals surface area contributed by atoms with Crippen LogP contribution < -0.4 is 9.47 Å². The third kappa shape index (κ3) is 2.56. The van der Waals surface area contributed by atoms with Gasteiger partial charge in [-0.2, -0.15) is 0 Å². The Balaban J connectivity index is 1.96. The molecule has 0 radical (unpaired) electrons. The summed E-state index contributed by atoms with van der Waals surface area (Å²) in [6, 6.07) is 7.48. The first kappa shape index (κ1) is 13.2. The Kier molecular flexibility index (Phi) is 3.26. The van der Waals surface area contributed by atoms with Crippen molar-refractivity contribution in [3.8, 4) is 17.2 Å². The number of fused-ring (bicyclic) bond motifs is 1. The van der Waals surface area contributed by atoms with Crippen LogP contribution in [-0.4, -0.2) is 10.6 Å². The summed E-state index contributed by atoms with van der Waals surface area (Å²) >= 11 is 3.59. The Morgan fingerprint density at radius 3 is 2.65 bits per heavy atom. The quantitative estimate of drug-likeness (QED) is 0.790. The topological polar surface area (TPSA) is 31.4 Å². The predicted molar refractivity (Wildman–Crippen MR) is 82.2 cm³/mol. The number of ether oxygens (including phenoxy) is 2. The highest BCUT2D eigenvalue weighted by Gasteiger charge is 2.24. The number of halogens is 1. The molecule has 0 aliphatic carbocycles. The lowest BCUT2D eigenvalue weighted by Gasteiger charge is -2.28. The van der Waals surface area contributed by atoms with Crippen molar-refractivity contribution in [1.29, 1.82) is 0 Å². The second kappa shape index (κ2) is 4.94. The molecule has 0 fully saturated rings. The minimum Gasteiger partial charge on any atom is -0.483 e. The Bertz CT molecular complexity index is 666. The maximum atomic E-state index is 5.92. The summed E-state index contributed by atoms with van der Waals surface area (Å²) in [7, 11) is 0. The fraction of sp³-hybridized carbons (Fsp3) is 0.188. The van der Waals surface area contributed by atoms with Crippen LogP contribution in [-0.2, 0) is 0 Å². The van der Waals surface area contributed by atoms with Crippen LogP contribution in [0, 0.1) is 0 Å². The monoisotopic (exact) mass is 331 g/mol. The summed E-state index contributed by atoms with van der Waals surface area (Å²) in [4.78, 5) is 3.97. The third-order valence-electron chi connectivity index (χ3n) is 3.01. The average Bonchev–Trinajstić information content (AvgIpc) is 2.42. The molecule has 1 aromatic heterocycles. The van der Waals surface area contributed by atoms with Gasteiger partial charge in [-0.05, 0) is 60.1 Å². The zero-order valence-corrected chi connectivity index (χ0v) is 12.8. The molecule has 2 heterocycles. The molecule has 0 spiro atoms. The molecular formula is C16H14BrNO2. The van der Waals surface area contributed by atoms with E-state index >= 15 is 0 Å². The van der Waals surface area contributed by atoms with E-state index in [9.17, 15) is 0 Å². The first-order chi connectivity index (χ1) is 9.55. The van der Waals surface area contributed by atoms with Gasteiger partial charge in [0.15, 0.2) is 0 Å². The number of aromatic nitrogens is 1. The molecule has 0 N–H and O–H groups in total. The molecule has 0 bridgehead atoms. The lowest BCUT2D eigenvalue weighted by atomic mass is 10.0. The average molecular weight is 332 g/mol. The van der Waals surface area contributed by atoms with Gasteiger partial charge in [-0.1, -0.05) is 6.08 Å². The van der Waals surface area contributed by atoms with Crippen LogP contribution in [0.2, 0.25) is 0 Å². The largest absolute Gasteiger partial charge is 0.483 e. The number of hydrogen-bond donors (Lipinski definition) is 0. The predicted octanol–water partition coefficient (Wildman–Crippen LogP) is 4.82. The van der Waals surface area contributed by atoms with Crippen molar-refractivity contribution < 1.29 is 9.47 Å². The fourth-order valence-electron chi connectivity index (χ4n) is 2.01.